The van der Waals surface area contributed by atoms with Gasteiger partial charge in [0.05, 0.1) is 6.61 Å². The molecule has 0 saturated carbocycles. The van der Waals surface area contributed by atoms with Crippen LogP contribution in [0.1, 0.15) is 38.7 Å². The van der Waals surface area contributed by atoms with Crippen molar-refractivity contribution in [3.63, 3.8) is 0 Å². The van der Waals surface area contributed by atoms with Crippen LogP contribution in [-0.4, -0.2) is 18.6 Å². The molecule has 0 aliphatic rings. The van der Waals surface area contributed by atoms with Gasteiger partial charge in [-0.25, -0.2) is 0 Å². The van der Waals surface area contributed by atoms with Crippen LogP contribution in [0.25, 0.3) is 0 Å². The van der Waals surface area contributed by atoms with Gasteiger partial charge in [0.25, 0.3) is 5.91 Å². The third kappa shape index (κ3) is 6.14. The number of ether oxygens (including phenoxy) is 2. The Balaban J connectivity index is 1.91. The molecule has 4 nitrogen and oxygen atoms in total. The zero-order valence-corrected chi connectivity index (χ0v) is 15.2. The van der Waals surface area contributed by atoms with E-state index in [4.69, 9.17) is 9.47 Å². The lowest BCUT2D eigenvalue weighted by Crippen LogP contribution is -2.32. The maximum atomic E-state index is 12.4. The minimum atomic E-state index is -0.525. The summed E-state index contributed by atoms with van der Waals surface area (Å²) in [7, 11) is 0. The van der Waals surface area contributed by atoms with Gasteiger partial charge >= 0.3 is 0 Å². The summed E-state index contributed by atoms with van der Waals surface area (Å²) in [5.74, 6) is 1.37. The van der Waals surface area contributed by atoms with E-state index in [2.05, 4.69) is 12.2 Å². The first-order valence-electron chi connectivity index (χ1n) is 8.89. The summed E-state index contributed by atoms with van der Waals surface area (Å²) in [5, 5.41) is 2.90. The molecule has 0 unspecified atom stereocenters. The summed E-state index contributed by atoms with van der Waals surface area (Å²) in [6.07, 6.45) is 2.21. The summed E-state index contributed by atoms with van der Waals surface area (Å²) in [6, 6.07) is 15.1. The van der Waals surface area contributed by atoms with Gasteiger partial charge < -0.3 is 14.8 Å². The van der Waals surface area contributed by atoms with E-state index in [1.165, 1.54) is 0 Å². The minimum absolute atomic E-state index is 0.150. The molecule has 0 aromatic heterocycles. The number of rotatable bonds is 9. The van der Waals surface area contributed by atoms with Crippen molar-refractivity contribution in [2.75, 3.05) is 11.9 Å². The molecule has 0 aliphatic carbocycles. The third-order valence-electron chi connectivity index (χ3n) is 3.85. The molecule has 0 aliphatic heterocycles. The van der Waals surface area contributed by atoms with E-state index >= 15 is 0 Å². The number of amides is 1. The summed E-state index contributed by atoms with van der Waals surface area (Å²) >= 11 is 0. The maximum Gasteiger partial charge on any atom is 0.265 e. The first-order chi connectivity index (χ1) is 12.1. The number of hydrogen-bond donors (Lipinski definition) is 1. The van der Waals surface area contributed by atoms with Crippen LogP contribution in [0.4, 0.5) is 5.69 Å². The monoisotopic (exact) mass is 341 g/mol. The molecule has 0 saturated heterocycles. The van der Waals surface area contributed by atoms with E-state index < -0.39 is 6.10 Å². The first-order valence-corrected chi connectivity index (χ1v) is 8.89. The van der Waals surface area contributed by atoms with E-state index in [0.29, 0.717) is 18.8 Å². The predicted octanol–water partition coefficient (Wildman–Crippen LogP) is 4.97. The van der Waals surface area contributed by atoms with Gasteiger partial charge in [-0.05, 0) is 56.2 Å². The lowest BCUT2D eigenvalue weighted by atomic mass is 10.2. The Morgan fingerprint density at radius 1 is 1.00 bits per heavy atom. The predicted molar refractivity (Wildman–Crippen MR) is 101 cm³/mol. The largest absolute Gasteiger partial charge is 0.494 e. The zero-order valence-electron chi connectivity index (χ0n) is 15.2. The second-order valence-electron chi connectivity index (χ2n) is 6.04. The SMILES string of the molecule is CCCCOc1ccc(NC(=O)[C@@H](CC)Oc2ccc(C)cc2)cc1. The van der Waals surface area contributed by atoms with Gasteiger partial charge in [-0.2, -0.15) is 0 Å². The number of nitrogens with one attached hydrogen (secondary N) is 1. The molecule has 2 aromatic rings. The van der Waals surface area contributed by atoms with Crippen molar-refractivity contribution in [1.29, 1.82) is 0 Å². The number of hydrogen-bond acceptors (Lipinski definition) is 3. The molecule has 1 N–H and O–H groups in total. The molecule has 0 fully saturated rings. The van der Waals surface area contributed by atoms with Crippen molar-refractivity contribution in [3.8, 4) is 11.5 Å². The maximum absolute atomic E-state index is 12.4. The van der Waals surface area contributed by atoms with Crippen LogP contribution < -0.4 is 14.8 Å². The van der Waals surface area contributed by atoms with Crippen molar-refractivity contribution in [2.24, 2.45) is 0 Å². The molecular weight excluding hydrogens is 314 g/mol. The highest BCUT2D eigenvalue weighted by atomic mass is 16.5. The number of carbonyl (C=O) groups excluding carboxylic acids is 1. The van der Waals surface area contributed by atoms with E-state index in [-0.39, 0.29) is 5.91 Å². The number of anilines is 1. The fourth-order valence-electron chi connectivity index (χ4n) is 2.29. The van der Waals surface area contributed by atoms with Crippen molar-refractivity contribution >= 4 is 11.6 Å². The fraction of sp³-hybridized carbons (Fsp3) is 0.381. The molecule has 1 atom stereocenters. The molecular formula is C21H27NO3. The second kappa shape index (κ2) is 9.72. The molecule has 1 amide bonds. The van der Waals surface area contributed by atoms with E-state index in [0.717, 1.165) is 29.8 Å². The van der Waals surface area contributed by atoms with Crippen LogP contribution in [-0.2, 0) is 4.79 Å². The van der Waals surface area contributed by atoms with Crippen LogP contribution in [0, 0.1) is 6.92 Å². The fourth-order valence-corrected chi connectivity index (χ4v) is 2.29. The van der Waals surface area contributed by atoms with E-state index in [9.17, 15) is 4.79 Å². The molecule has 0 bridgehead atoms. The Kier molecular flexibility index (Phi) is 7.33. The molecule has 2 aromatic carbocycles. The molecule has 0 heterocycles. The highest BCUT2D eigenvalue weighted by Crippen LogP contribution is 2.18. The highest BCUT2D eigenvalue weighted by Gasteiger charge is 2.18. The summed E-state index contributed by atoms with van der Waals surface area (Å²) < 4.78 is 11.4. The van der Waals surface area contributed by atoms with Gasteiger partial charge in [-0.15, -0.1) is 0 Å². The number of aryl methyl sites for hydroxylation is 1. The zero-order chi connectivity index (χ0) is 18.1. The Bertz CT molecular complexity index is 650. The molecule has 0 radical (unpaired) electrons. The summed E-state index contributed by atoms with van der Waals surface area (Å²) in [6.45, 7) is 6.79. The van der Waals surface area contributed by atoms with Gasteiger partial charge in [-0.1, -0.05) is 38.0 Å². The van der Waals surface area contributed by atoms with Crippen LogP contribution in [0.5, 0.6) is 11.5 Å². The van der Waals surface area contributed by atoms with Crippen molar-refractivity contribution < 1.29 is 14.3 Å². The standard InChI is InChI=1S/C21H27NO3/c1-4-6-15-24-18-13-9-17(10-14-18)22-21(23)20(5-2)25-19-11-7-16(3)8-12-19/h7-14,20H,4-6,15H2,1-3H3,(H,22,23)/t20-/m1/s1. The third-order valence-corrected chi connectivity index (χ3v) is 3.85. The van der Waals surface area contributed by atoms with Crippen molar-refractivity contribution in [2.45, 2.75) is 46.1 Å². The van der Waals surface area contributed by atoms with Gasteiger partial charge in [0.1, 0.15) is 11.5 Å². The van der Waals surface area contributed by atoms with Gasteiger partial charge in [0.2, 0.25) is 0 Å². The van der Waals surface area contributed by atoms with Gasteiger partial charge in [-0.3, -0.25) is 4.79 Å². The molecule has 4 heteroatoms. The smallest absolute Gasteiger partial charge is 0.265 e. The number of carbonyl (C=O) groups is 1. The summed E-state index contributed by atoms with van der Waals surface area (Å²) in [4.78, 5) is 12.4. The van der Waals surface area contributed by atoms with Crippen LogP contribution in [0.3, 0.4) is 0 Å². The lowest BCUT2D eigenvalue weighted by molar-refractivity contribution is -0.122. The van der Waals surface area contributed by atoms with E-state index in [1.807, 2.05) is 62.4 Å². The van der Waals surface area contributed by atoms with Crippen molar-refractivity contribution in [1.82, 2.24) is 0 Å². The van der Waals surface area contributed by atoms with Crippen LogP contribution in [0.15, 0.2) is 48.5 Å². The van der Waals surface area contributed by atoms with Crippen LogP contribution in [0.2, 0.25) is 0 Å². The highest BCUT2D eigenvalue weighted by molar-refractivity contribution is 5.94. The number of unbranched alkanes of at least 4 members (excludes halogenated alkanes) is 1. The Labute approximate surface area is 150 Å². The molecule has 134 valence electrons. The average molecular weight is 341 g/mol. The van der Waals surface area contributed by atoms with Crippen molar-refractivity contribution in [3.05, 3.63) is 54.1 Å². The molecule has 0 spiro atoms. The molecule has 2 rings (SSSR count). The normalized spacial score (nSPS) is 11.6. The van der Waals surface area contributed by atoms with E-state index in [1.54, 1.807) is 0 Å². The van der Waals surface area contributed by atoms with Gasteiger partial charge in [0.15, 0.2) is 6.10 Å². The Hall–Kier alpha value is -2.49. The second-order valence-corrected chi connectivity index (χ2v) is 6.04. The van der Waals surface area contributed by atoms with Crippen LogP contribution >= 0.6 is 0 Å². The molecule has 25 heavy (non-hydrogen) atoms. The minimum Gasteiger partial charge on any atom is -0.494 e. The average Bonchev–Trinajstić information content (AvgIpc) is 2.63. The summed E-state index contributed by atoms with van der Waals surface area (Å²) in [5.41, 5.74) is 1.89. The van der Waals surface area contributed by atoms with Gasteiger partial charge in [0, 0.05) is 5.69 Å². The Morgan fingerprint density at radius 2 is 1.64 bits per heavy atom. The number of benzene rings is 2. The lowest BCUT2D eigenvalue weighted by Gasteiger charge is -2.17. The first kappa shape index (κ1) is 18.8. The topological polar surface area (TPSA) is 47.6 Å². The quantitative estimate of drug-likeness (QED) is 0.655. The Morgan fingerprint density at radius 3 is 2.24 bits per heavy atom.